The van der Waals surface area contributed by atoms with Crippen molar-refractivity contribution in [2.45, 2.75) is 39.6 Å². The van der Waals surface area contributed by atoms with Crippen molar-refractivity contribution in [2.24, 2.45) is 0 Å². The van der Waals surface area contributed by atoms with E-state index in [1.54, 1.807) is 0 Å². The molecule has 0 saturated carbocycles. The lowest BCUT2D eigenvalue weighted by molar-refractivity contribution is -0.0294. The van der Waals surface area contributed by atoms with Gasteiger partial charge in [-0.25, -0.2) is 0 Å². The zero-order valence-electron chi connectivity index (χ0n) is 28.4. The number of hydrogen-bond donors (Lipinski definition) is 0. The van der Waals surface area contributed by atoms with Gasteiger partial charge in [-0.2, -0.15) is 0 Å². The molecule has 0 aromatic carbocycles. The van der Waals surface area contributed by atoms with Gasteiger partial charge in [-0.1, -0.05) is 0 Å². The maximum atomic E-state index is 5.72. The van der Waals surface area contributed by atoms with Gasteiger partial charge in [0.15, 0.2) is 8.32 Å². The third kappa shape index (κ3) is 41.7. The number of ether oxygens (including phenoxy) is 12. The summed E-state index contributed by atoms with van der Waals surface area (Å²) >= 11 is 0. The fourth-order valence-corrected chi connectivity index (χ4v) is 3.75. The third-order valence-electron chi connectivity index (χ3n) is 5.16. The van der Waals surface area contributed by atoms with Gasteiger partial charge >= 0.3 is 0 Å². The molecule has 0 unspecified atom stereocenters. The largest absolute Gasteiger partial charge is 0.415 e. The van der Waals surface area contributed by atoms with Gasteiger partial charge in [0.2, 0.25) is 0 Å². The average molecular weight is 661 g/mol. The quantitative estimate of drug-likeness (QED) is 0.0713. The zero-order chi connectivity index (χ0) is 32.2. The van der Waals surface area contributed by atoms with E-state index in [2.05, 4.69) is 19.6 Å². The summed E-state index contributed by atoms with van der Waals surface area (Å²) in [7, 11) is -1.45. The van der Waals surface area contributed by atoms with Gasteiger partial charge in [0.05, 0.1) is 165 Å². The standard InChI is InChI=1S/C30H64O13Si/c1-30(2)42-28-26-40-24-22-38-20-18-36-16-14-34-12-10-32-8-6-31-7-9-33-11-13-35-15-17-37-19-21-39-23-25-41-27-29-43-44(3,4)5/h30H,6-29H2,1-5H3. The Labute approximate surface area is 267 Å². The normalized spacial score (nSPS) is 12.1. The molecule has 0 radical (unpaired) electrons. The average Bonchev–Trinajstić information content (AvgIpc) is 2.98. The Morgan fingerprint density at radius 1 is 0.295 bits per heavy atom. The van der Waals surface area contributed by atoms with Gasteiger partial charge in [0.1, 0.15) is 0 Å². The molecule has 0 N–H and O–H groups in total. The first-order valence-corrected chi connectivity index (χ1v) is 19.4. The first kappa shape index (κ1) is 43.7. The highest BCUT2D eigenvalue weighted by Crippen LogP contribution is 2.01. The van der Waals surface area contributed by atoms with Gasteiger partial charge < -0.3 is 61.3 Å². The summed E-state index contributed by atoms with van der Waals surface area (Å²) in [6.07, 6.45) is 0.232. The Morgan fingerprint density at radius 3 is 0.659 bits per heavy atom. The van der Waals surface area contributed by atoms with Gasteiger partial charge in [0, 0.05) is 0 Å². The second-order valence-corrected chi connectivity index (χ2v) is 15.1. The van der Waals surface area contributed by atoms with Crippen molar-refractivity contribution in [3.63, 3.8) is 0 Å². The molecule has 0 fully saturated rings. The first-order chi connectivity index (χ1) is 21.4. The summed E-state index contributed by atoms with van der Waals surface area (Å²) in [6, 6.07) is 0. The van der Waals surface area contributed by atoms with E-state index >= 15 is 0 Å². The minimum Gasteiger partial charge on any atom is -0.415 e. The van der Waals surface area contributed by atoms with Gasteiger partial charge in [-0.3, -0.25) is 0 Å². The predicted octanol–water partition coefficient (Wildman–Crippen LogP) is 2.45. The van der Waals surface area contributed by atoms with E-state index in [1.165, 1.54) is 0 Å². The van der Waals surface area contributed by atoms with E-state index in [0.717, 1.165) is 0 Å². The summed E-state index contributed by atoms with van der Waals surface area (Å²) in [5, 5.41) is 0. The highest BCUT2D eigenvalue weighted by Gasteiger charge is 2.13. The van der Waals surface area contributed by atoms with Crippen molar-refractivity contribution < 1.29 is 61.3 Å². The van der Waals surface area contributed by atoms with Crippen LogP contribution in [0.25, 0.3) is 0 Å². The van der Waals surface area contributed by atoms with Crippen LogP contribution in [-0.2, 0) is 61.3 Å². The molecule has 0 rings (SSSR count). The predicted molar refractivity (Wildman–Crippen MR) is 169 cm³/mol. The summed E-state index contributed by atoms with van der Waals surface area (Å²) in [6.45, 7) is 23.5. The van der Waals surface area contributed by atoms with Crippen LogP contribution >= 0.6 is 0 Å². The van der Waals surface area contributed by atoms with E-state index in [4.69, 9.17) is 61.3 Å². The molecule has 0 spiro atoms. The Kier molecular flexibility index (Phi) is 35.3. The van der Waals surface area contributed by atoms with Crippen molar-refractivity contribution >= 4 is 8.32 Å². The third-order valence-corrected chi connectivity index (χ3v) is 6.23. The van der Waals surface area contributed by atoms with Crippen LogP contribution in [0.3, 0.4) is 0 Å². The van der Waals surface area contributed by atoms with Crippen LogP contribution in [0.15, 0.2) is 0 Å². The zero-order valence-corrected chi connectivity index (χ0v) is 29.4. The molecule has 0 bridgehead atoms. The molecule has 0 heterocycles. The molecule has 0 aromatic rings. The van der Waals surface area contributed by atoms with Gasteiger partial charge in [-0.05, 0) is 33.5 Å². The fourth-order valence-electron chi connectivity index (χ4n) is 3.05. The highest BCUT2D eigenvalue weighted by atomic mass is 28.4. The molecule has 0 amide bonds. The Morgan fingerprint density at radius 2 is 0.477 bits per heavy atom. The lowest BCUT2D eigenvalue weighted by Gasteiger charge is -2.16. The second kappa shape index (κ2) is 35.5. The summed E-state index contributed by atoms with van der Waals surface area (Å²) in [5.74, 6) is 0. The molecular weight excluding hydrogens is 596 g/mol. The molecule has 0 atom stereocenters. The number of hydrogen-bond acceptors (Lipinski definition) is 13. The summed E-state index contributed by atoms with van der Waals surface area (Å²) in [5.41, 5.74) is 0. The van der Waals surface area contributed by atoms with Crippen LogP contribution in [-0.4, -0.2) is 173 Å². The van der Waals surface area contributed by atoms with Crippen LogP contribution in [0.1, 0.15) is 13.8 Å². The van der Waals surface area contributed by atoms with E-state index < -0.39 is 8.32 Å². The van der Waals surface area contributed by atoms with E-state index in [9.17, 15) is 0 Å². The lowest BCUT2D eigenvalue weighted by atomic mass is 10.5. The minimum absolute atomic E-state index is 0.232. The van der Waals surface area contributed by atoms with Crippen molar-refractivity contribution in [3.8, 4) is 0 Å². The molecule has 0 saturated heterocycles. The van der Waals surface area contributed by atoms with Crippen LogP contribution in [0.5, 0.6) is 0 Å². The monoisotopic (exact) mass is 660 g/mol. The molecule has 0 aromatic heterocycles. The molecule has 13 nitrogen and oxygen atoms in total. The second-order valence-electron chi connectivity index (χ2n) is 10.6. The first-order valence-electron chi connectivity index (χ1n) is 16.0. The molecule has 0 aliphatic rings. The van der Waals surface area contributed by atoms with Crippen LogP contribution < -0.4 is 0 Å². The van der Waals surface area contributed by atoms with Crippen LogP contribution in [0.4, 0.5) is 0 Å². The summed E-state index contributed by atoms with van der Waals surface area (Å²) < 4.78 is 71.2. The van der Waals surface area contributed by atoms with E-state index in [0.29, 0.717) is 159 Å². The van der Waals surface area contributed by atoms with Gasteiger partial charge in [0.25, 0.3) is 0 Å². The minimum atomic E-state index is -1.45. The molecule has 0 aliphatic heterocycles. The molecule has 14 heteroatoms. The van der Waals surface area contributed by atoms with Gasteiger partial charge in [-0.15, -0.1) is 0 Å². The lowest BCUT2D eigenvalue weighted by Crippen LogP contribution is -2.27. The maximum absolute atomic E-state index is 5.72. The topological polar surface area (TPSA) is 120 Å². The van der Waals surface area contributed by atoms with E-state index in [-0.39, 0.29) is 6.10 Å². The smallest absolute Gasteiger partial charge is 0.183 e. The van der Waals surface area contributed by atoms with E-state index in [1.807, 2.05) is 13.8 Å². The molecule has 0 aliphatic carbocycles. The molecule has 266 valence electrons. The van der Waals surface area contributed by atoms with Crippen molar-refractivity contribution in [1.29, 1.82) is 0 Å². The number of rotatable bonds is 38. The summed E-state index contributed by atoms with van der Waals surface area (Å²) in [4.78, 5) is 0. The highest BCUT2D eigenvalue weighted by molar-refractivity contribution is 6.69. The Bertz CT molecular complexity index is 542. The SMILES string of the molecule is CC(C)OCCOCCOCCOCCOCCOCCOCCOCCOCCOCCOCCOCCO[Si](C)(C)C. The van der Waals surface area contributed by atoms with Crippen LogP contribution in [0.2, 0.25) is 19.6 Å². The van der Waals surface area contributed by atoms with Crippen molar-refractivity contribution in [1.82, 2.24) is 0 Å². The van der Waals surface area contributed by atoms with Crippen molar-refractivity contribution in [2.75, 3.05) is 159 Å². The molecular formula is C30H64O13Si. The van der Waals surface area contributed by atoms with Crippen molar-refractivity contribution in [3.05, 3.63) is 0 Å². The maximum Gasteiger partial charge on any atom is 0.183 e. The fraction of sp³-hybridized carbons (Fsp3) is 1.00. The Balaban J connectivity index is 3.05. The Hall–Kier alpha value is -0.303. The van der Waals surface area contributed by atoms with Crippen LogP contribution in [0, 0.1) is 0 Å². The molecule has 44 heavy (non-hydrogen) atoms.